The minimum atomic E-state index is -0.539. The van der Waals surface area contributed by atoms with Gasteiger partial charge in [-0.2, -0.15) is 0 Å². The number of allylic oxidation sites excluding steroid dienone is 16. The van der Waals surface area contributed by atoms with Crippen LogP contribution in [0.1, 0.15) is 170 Å². The lowest BCUT2D eigenvalue weighted by Gasteiger charge is -2.78. The molecule has 4 fully saturated rings. The molecule has 2 aliphatic heterocycles. The third kappa shape index (κ3) is 7.51. The van der Waals surface area contributed by atoms with Gasteiger partial charge >= 0.3 is 0 Å². The molecule has 0 spiro atoms. The van der Waals surface area contributed by atoms with E-state index in [1.807, 2.05) is 0 Å². The Balaban J connectivity index is 0.000000196. The van der Waals surface area contributed by atoms with Crippen LogP contribution in [0.5, 0.6) is 0 Å². The van der Waals surface area contributed by atoms with Crippen molar-refractivity contribution >= 4 is 22.5 Å². The fourth-order valence-electron chi connectivity index (χ4n) is 22.1. The van der Waals surface area contributed by atoms with Crippen molar-refractivity contribution < 1.29 is 9.47 Å². The summed E-state index contributed by atoms with van der Waals surface area (Å²) in [5.74, 6) is 1.78. The predicted octanol–water partition coefficient (Wildman–Crippen LogP) is 19.8. The summed E-state index contributed by atoms with van der Waals surface area (Å²) >= 11 is 0. The Hall–Kier alpha value is -5.68. The number of fused-ring (bicyclic) bond motifs is 12. The Labute approximate surface area is 531 Å². The molecule has 0 N–H and O–H groups in total. The number of rotatable bonds is 6. The third-order valence-electron chi connectivity index (χ3n) is 29.4. The summed E-state index contributed by atoms with van der Waals surface area (Å²) in [4.78, 5) is 5.31. The largest absolute Gasteiger partial charge is 0.378 e. The van der Waals surface area contributed by atoms with E-state index in [-0.39, 0.29) is 49.2 Å². The molecular weight excluding hydrogens is 1070 g/mol. The average Bonchev–Trinajstić information content (AvgIpc) is 0.956. The summed E-state index contributed by atoms with van der Waals surface area (Å²) in [6, 6.07) is 37.9. The molecule has 0 radical (unpaired) electrons. The molecule has 0 aromatic heterocycles. The zero-order valence-electron chi connectivity index (χ0n) is 56.8. The van der Waals surface area contributed by atoms with Gasteiger partial charge in [0.05, 0.1) is 26.4 Å². The molecule has 2 saturated carbocycles. The average molecular weight is 1170 g/mol. The van der Waals surface area contributed by atoms with Gasteiger partial charge in [0, 0.05) is 59.7 Å². The minimum Gasteiger partial charge on any atom is -0.378 e. The van der Waals surface area contributed by atoms with Crippen LogP contribution in [0.4, 0.5) is 11.4 Å². The van der Waals surface area contributed by atoms with Crippen LogP contribution in [0.2, 0.25) is 0 Å². The van der Waals surface area contributed by atoms with Gasteiger partial charge in [-0.25, -0.2) is 0 Å². The van der Waals surface area contributed by atoms with Crippen LogP contribution in [0, 0.1) is 72.4 Å². The fourth-order valence-corrected chi connectivity index (χ4v) is 22.1. The van der Waals surface area contributed by atoms with E-state index in [4.69, 9.17) is 9.47 Å². The number of anilines is 2. The third-order valence-corrected chi connectivity index (χ3v) is 29.4. The van der Waals surface area contributed by atoms with Crippen molar-refractivity contribution in [3.05, 3.63) is 212 Å². The van der Waals surface area contributed by atoms with Crippen LogP contribution in [-0.2, 0) is 27.7 Å². The molecule has 462 valence electrons. The number of ether oxygens (including phenoxy) is 2. The quantitative estimate of drug-likeness (QED) is 0.192. The highest BCUT2D eigenvalue weighted by Crippen LogP contribution is 2.84. The van der Waals surface area contributed by atoms with Crippen molar-refractivity contribution in [2.24, 2.45) is 72.4 Å². The first-order valence-corrected chi connectivity index (χ1v) is 34.4. The van der Waals surface area contributed by atoms with Gasteiger partial charge in [0.1, 0.15) is 0 Å². The second-order valence-corrected chi connectivity index (χ2v) is 32.8. The number of morpholine rings is 2. The molecule has 5 unspecified atom stereocenters. The number of hydrogen-bond acceptors (Lipinski definition) is 4. The number of para-hydroxylation sites is 2. The molecule has 2 heterocycles. The molecule has 4 aromatic rings. The maximum Gasteiger partial charge on any atom is 0.0642 e. The number of benzene rings is 4. The molecule has 0 bridgehead atoms. The van der Waals surface area contributed by atoms with Gasteiger partial charge in [0.25, 0.3) is 0 Å². The summed E-state index contributed by atoms with van der Waals surface area (Å²) < 4.78 is 12.1. The molecule has 4 aromatic carbocycles. The van der Waals surface area contributed by atoms with Crippen LogP contribution in [0.3, 0.4) is 0 Å². The summed E-state index contributed by atoms with van der Waals surface area (Å²) in [6.07, 6.45) is 26.7. The lowest BCUT2D eigenvalue weighted by molar-refractivity contribution is -0.212. The first kappa shape index (κ1) is 59.9. The maximum absolute atomic E-state index is 6.06. The van der Waals surface area contributed by atoms with Crippen molar-refractivity contribution in [3.8, 4) is 0 Å². The van der Waals surface area contributed by atoms with Crippen LogP contribution >= 0.6 is 0 Å². The summed E-state index contributed by atoms with van der Waals surface area (Å²) in [5.41, 5.74) is 24.1. The highest BCUT2D eigenvalue weighted by molar-refractivity contribution is 5.94. The molecule has 5 atom stereocenters. The van der Waals surface area contributed by atoms with E-state index in [9.17, 15) is 0 Å². The highest BCUT2D eigenvalue weighted by Gasteiger charge is 2.78. The fraction of sp³-hybridized carbons (Fsp3) is 0.524. The van der Waals surface area contributed by atoms with Crippen LogP contribution in [-0.4, -0.2) is 52.6 Å². The molecule has 4 heteroatoms. The van der Waals surface area contributed by atoms with E-state index in [2.05, 4.69) is 266 Å². The first-order valence-electron chi connectivity index (χ1n) is 34.4. The van der Waals surface area contributed by atoms with Gasteiger partial charge in [0.2, 0.25) is 0 Å². The molecule has 2 saturated heterocycles. The van der Waals surface area contributed by atoms with Gasteiger partial charge in [0.15, 0.2) is 0 Å². The summed E-state index contributed by atoms with van der Waals surface area (Å²) in [5, 5.41) is 0. The minimum absolute atomic E-state index is 0.0622. The van der Waals surface area contributed by atoms with Gasteiger partial charge in [-0.1, -0.05) is 255 Å². The second kappa shape index (κ2) is 20.4. The van der Waals surface area contributed by atoms with E-state index in [0.717, 1.165) is 71.9 Å². The zero-order chi connectivity index (χ0) is 62.0. The van der Waals surface area contributed by atoms with E-state index < -0.39 is 10.8 Å². The van der Waals surface area contributed by atoms with Crippen LogP contribution in [0.25, 0.3) is 11.1 Å². The second-order valence-electron chi connectivity index (χ2n) is 32.8. The van der Waals surface area contributed by atoms with Crippen molar-refractivity contribution in [3.63, 3.8) is 0 Å². The van der Waals surface area contributed by atoms with Crippen molar-refractivity contribution in [2.75, 3.05) is 62.4 Å². The lowest BCUT2D eigenvalue weighted by atomic mass is 9.25. The molecule has 4 nitrogen and oxygen atoms in total. The van der Waals surface area contributed by atoms with E-state index >= 15 is 0 Å². The van der Waals surface area contributed by atoms with E-state index in [1.54, 1.807) is 44.6 Å². The Morgan fingerprint density at radius 1 is 0.477 bits per heavy atom. The Bertz CT molecular complexity index is 3690. The standard InChI is InChI=1S/C55H66N2O2.C29H38/c1-50(2)51(3,4)53(7)43-24-14-13-23-41(43)48-40-22-12-9-19-38(40)37-42(48)49(53)54(8,52(50,5)6)55(39-20-10-11-21-39,44-25-15-17-27-46(44)56-29-33-58-34-30-56)45-26-16-18-28-47(45)57-31-35-59-36-32-57;1-26(2)24-21-16-12-11-15-20(21)23-19-14-10-9-13-18(19)17-22(23)25(24)27(3,4)29(7,8)28(26,5)6/h9-13,15-23,25-28,39,43H,14,24,29-37H2,1-8H3;9-11,13-15,21,24H,12,16-17H2,1-8H3. The molecule has 0 amide bonds. The van der Waals surface area contributed by atoms with Gasteiger partial charge in [-0.15, -0.1) is 0 Å². The summed E-state index contributed by atoms with van der Waals surface area (Å²) in [7, 11) is 0. The van der Waals surface area contributed by atoms with Gasteiger partial charge < -0.3 is 19.3 Å². The molecule has 15 rings (SSSR count). The Kier molecular flexibility index (Phi) is 13.9. The van der Waals surface area contributed by atoms with Gasteiger partial charge in [-0.3, -0.25) is 0 Å². The monoisotopic (exact) mass is 1170 g/mol. The molecular formula is C84H104N2O2. The Morgan fingerprint density at radius 2 is 0.955 bits per heavy atom. The topological polar surface area (TPSA) is 24.9 Å². The highest BCUT2D eigenvalue weighted by atomic mass is 16.5. The first-order chi connectivity index (χ1) is 41.8. The van der Waals surface area contributed by atoms with Gasteiger partial charge in [-0.05, 0) is 173 Å². The lowest BCUT2D eigenvalue weighted by Crippen LogP contribution is -2.73. The van der Waals surface area contributed by atoms with Crippen molar-refractivity contribution in [2.45, 2.75) is 155 Å². The van der Waals surface area contributed by atoms with Crippen molar-refractivity contribution in [1.29, 1.82) is 0 Å². The van der Waals surface area contributed by atoms with Crippen molar-refractivity contribution in [1.82, 2.24) is 0 Å². The maximum atomic E-state index is 6.06. The smallest absolute Gasteiger partial charge is 0.0642 e. The normalized spacial score (nSPS) is 30.4. The predicted molar refractivity (Wildman–Crippen MR) is 370 cm³/mol. The zero-order valence-corrected chi connectivity index (χ0v) is 56.8. The van der Waals surface area contributed by atoms with E-state index in [0.29, 0.717) is 17.8 Å². The Morgan fingerprint density at radius 3 is 1.51 bits per heavy atom. The number of nitrogens with zero attached hydrogens (tertiary/aromatic N) is 2. The SMILES string of the molecule is CC1(C)C2=C3Cc4ccccc4C3=C3C=CCCC3C2C(C)(C)C(C)(C)C1(C)C.CC12C(=C3Cc4ccccc4C3=C3C=CCCC31)C(C)(C(c1ccccc1N1CCOCC1)(c1ccccc1N1CCOCC1)C1C=CC=C1)C(C)(C)C(C)(C)C2(C)C. The molecule has 88 heavy (non-hydrogen) atoms. The van der Waals surface area contributed by atoms with Crippen LogP contribution < -0.4 is 9.80 Å². The summed E-state index contributed by atoms with van der Waals surface area (Å²) in [6.45, 7) is 48.6. The molecule has 9 aliphatic carbocycles. The van der Waals surface area contributed by atoms with Crippen LogP contribution in [0.15, 0.2) is 179 Å². The van der Waals surface area contributed by atoms with E-state index in [1.165, 1.54) is 64.0 Å². The number of hydrogen-bond donors (Lipinski definition) is 0. The molecule has 11 aliphatic rings.